The molecule has 8 heteroatoms. The van der Waals surface area contributed by atoms with Crippen LogP contribution >= 0.6 is 11.3 Å². The molecule has 2 amide bonds. The van der Waals surface area contributed by atoms with E-state index in [1.165, 1.54) is 18.4 Å². The molecule has 37 heavy (non-hydrogen) atoms. The molecule has 188 valence electrons. The molecule has 0 aliphatic heterocycles. The molecule has 1 aromatic heterocycles. The van der Waals surface area contributed by atoms with E-state index < -0.39 is 24.0 Å². The number of rotatable bonds is 10. The molecular weight excluding hydrogens is 488 g/mol. The first kappa shape index (κ1) is 25.7. The third kappa shape index (κ3) is 7.05. The standard InChI is InChI=1S/C29H26N2O5S/c1-35-23-15-8-14-22(19-23)30-28(33)26(21-12-6-3-7-13-21)36-29(34)24(18-20-10-4-2-5-11-20)31-27(32)25-16-9-17-37-25/h2-17,19,24,26H,18H2,1H3,(H,30,33)(H,31,32)/t24-,26-/m1/s1. The van der Waals surface area contributed by atoms with Gasteiger partial charge in [0.25, 0.3) is 11.8 Å². The van der Waals surface area contributed by atoms with Gasteiger partial charge in [-0.15, -0.1) is 11.3 Å². The first-order chi connectivity index (χ1) is 18.0. The monoisotopic (exact) mass is 514 g/mol. The summed E-state index contributed by atoms with van der Waals surface area (Å²) in [6, 6.07) is 27.4. The van der Waals surface area contributed by atoms with Crippen molar-refractivity contribution in [3.8, 4) is 5.75 Å². The Balaban J connectivity index is 1.57. The molecule has 0 saturated heterocycles. The first-order valence-electron chi connectivity index (χ1n) is 11.6. The summed E-state index contributed by atoms with van der Waals surface area (Å²) >= 11 is 1.27. The molecule has 0 bridgehead atoms. The summed E-state index contributed by atoms with van der Waals surface area (Å²) in [4.78, 5) is 40.1. The molecular formula is C29H26N2O5S. The fourth-order valence-electron chi connectivity index (χ4n) is 3.69. The predicted molar refractivity (Wildman–Crippen MR) is 143 cm³/mol. The van der Waals surface area contributed by atoms with Gasteiger partial charge in [0.2, 0.25) is 6.10 Å². The van der Waals surface area contributed by atoms with Crippen LogP contribution in [0, 0.1) is 0 Å². The fraction of sp³-hybridized carbons (Fsp3) is 0.138. The van der Waals surface area contributed by atoms with Crippen LogP contribution in [0.1, 0.15) is 26.9 Å². The number of hydrogen-bond donors (Lipinski definition) is 2. The van der Waals surface area contributed by atoms with Crippen molar-refractivity contribution in [3.63, 3.8) is 0 Å². The van der Waals surface area contributed by atoms with Gasteiger partial charge in [-0.3, -0.25) is 9.59 Å². The lowest BCUT2D eigenvalue weighted by Crippen LogP contribution is -2.44. The van der Waals surface area contributed by atoms with Crippen molar-refractivity contribution >= 4 is 34.8 Å². The van der Waals surface area contributed by atoms with Gasteiger partial charge in [-0.2, -0.15) is 0 Å². The number of ether oxygens (including phenoxy) is 2. The maximum absolute atomic E-state index is 13.5. The minimum absolute atomic E-state index is 0.204. The lowest BCUT2D eigenvalue weighted by atomic mass is 10.0. The molecule has 1 heterocycles. The number of carbonyl (C=O) groups is 3. The Bertz CT molecular complexity index is 1330. The summed E-state index contributed by atoms with van der Waals surface area (Å²) in [5, 5.41) is 7.35. The van der Waals surface area contributed by atoms with Crippen molar-refractivity contribution in [3.05, 3.63) is 118 Å². The van der Waals surface area contributed by atoms with Gasteiger partial charge in [0.05, 0.1) is 12.0 Å². The van der Waals surface area contributed by atoms with Gasteiger partial charge < -0.3 is 20.1 Å². The molecule has 0 saturated carbocycles. The number of nitrogens with one attached hydrogen (secondary N) is 2. The van der Waals surface area contributed by atoms with Gasteiger partial charge >= 0.3 is 5.97 Å². The number of hydrogen-bond acceptors (Lipinski definition) is 6. The van der Waals surface area contributed by atoms with Gasteiger partial charge in [-0.25, -0.2) is 4.79 Å². The summed E-state index contributed by atoms with van der Waals surface area (Å²) in [7, 11) is 1.53. The summed E-state index contributed by atoms with van der Waals surface area (Å²) in [6.07, 6.45) is -1.03. The van der Waals surface area contributed by atoms with E-state index >= 15 is 0 Å². The van der Waals surface area contributed by atoms with Gasteiger partial charge in [-0.1, -0.05) is 72.8 Å². The molecule has 4 aromatic rings. The van der Waals surface area contributed by atoms with Gasteiger partial charge in [0.15, 0.2) is 0 Å². The van der Waals surface area contributed by atoms with Crippen molar-refractivity contribution in [1.82, 2.24) is 5.32 Å². The molecule has 0 fully saturated rings. The average molecular weight is 515 g/mol. The van der Waals surface area contributed by atoms with Crippen molar-refractivity contribution in [1.29, 1.82) is 0 Å². The Kier molecular flexibility index (Phi) is 8.67. The van der Waals surface area contributed by atoms with Crippen LogP contribution in [-0.2, 0) is 20.7 Å². The molecule has 0 spiro atoms. The van der Waals surface area contributed by atoms with E-state index in [0.29, 0.717) is 21.9 Å². The molecule has 3 aromatic carbocycles. The Morgan fingerprint density at radius 2 is 1.59 bits per heavy atom. The predicted octanol–water partition coefficient (Wildman–Crippen LogP) is 5.02. The Labute approximate surface area is 219 Å². The minimum Gasteiger partial charge on any atom is -0.497 e. The molecule has 7 nitrogen and oxygen atoms in total. The quantitative estimate of drug-likeness (QED) is 0.290. The Hall–Kier alpha value is -4.43. The van der Waals surface area contributed by atoms with E-state index in [0.717, 1.165) is 5.56 Å². The van der Waals surface area contributed by atoms with Crippen LogP contribution in [-0.4, -0.2) is 30.9 Å². The van der Waals surface area contributed by atoms with Crippen molar-refractivity contribution in [2.45, 2.75) is 18.6 Å². The molecule has 2 N–H and O–H groups in total. The number of esters is 1. The van der Waals surface area contributed by atoms with Crippen molar-refractivity contribution in [2.24, 2.45) is 0 Å². The SMILES string of the molecule is COc1cccc(NC(=O)[C@H](OC(=O)[C@@H](Cc2ccccc2)NC(=O)c2cccs2)c2ccccc2)c1. The molecule has 0 aliphatic carbocycles. The summed E-state index contributed by atoms with van der Waals surface area (Å²) in [5.41, 5.74) is 1.83. The molecule has 0 radical (unpaired) electrons. The zero-order chi connectivity index (χ0) is 26.0. The van der Waals surface area contributed by atoms with Crippen LogP contribution in [0.3, 0.4) is 0 Å². The van der Waals surface area contributed by atoms with Gasteiger partial charge in [0, 0.05) is 23.7 Å². The number of amides is 2. The van der Waals surface area contributed by atoms with E-state index in [1.54, 1.807) is 66.0 Å². The number of carbonyl (C=O) groups excluding carboxylic acids is 3. The van der Waals surface area contributed by atoms with Crippen LogP contribution in [0.2, 0.25) is 0 Å². The van der Waals surface area contributed by atoms with Crippen LogP contribution in [0.4, 0.5) is 5.69 Å². The number of anilines is 1. The average Bonchev–Trinajstić information content (AvgIpc) is 3.48. The maximum Gasteiger partial charge on any atom is 0.330 e. The zero-order valence-corrected chi connectivity index (χ0v) is 20.9. The second-order valence-corrected chi connectivity index (χ2v) is 9.09. The second kappa shape index (κ2) is 12.5. The van der Waals surface area contributed by atoms with Gasteiger partial charge in [-0.05, 0) is 29.1 Å². The second-order valence-electron chi connectivity index (χ2n) is 8.14. The summed E-state index contributed by atoms with van der Waals surface area (Å²) in [6.45, 7) is 0. The number of thiophene rings is 1. The lowest BCUT2D eigenvalue weighted by Gasteiger charge is -2.23. The molecule has 0 aliphatic rings. The highest BCUT2D eigenvalue weighted by molar-refractivity contribution is 7.12. The zero-order valence-electron chi connectivity index (χ0n) is 20.1. The van der Waals surface area contributed by atoms with E-state index in [9.17, 15) is 14.4 Å². The minimum atomic E-state index is -1.24. The molecule has 0 unspecified atom stereocenters. The van der Waals surface area contributed by atoms with E-state index in [-0.39, 0.29) is 12.3 Å². The van der Waals surface area contributed by atoms with E-state index in [1.807, 2.05) is 36.4 Å². The van der Waals surface area contributed by atoms with Crippen molar-refractivity contribution < 1.29 is 23.9 Å². The maximum atomic E-state index is 13.5. The topological polar surface area (TPSA) is 93.7 Å². The normalized spacial score (nSPS) is 12.1. The molecule has 4 rings (SSSR count). The van der Waals surface area contributed by atoms with Gasteiger partial charge in [0.1, 0.15) is 11.8 Å². The van der Waals surface area contributed by atoms with Crippen LogP contribution in [0.5, 0.6) is 5.75 Å². The lowest BCUT2D eigenvalue weighted by molar-refractivity contribution is -0.156. The number of benzene rings is 3. The smallest absolute Gasteiger partial charge is 0.330 e. The van der Waals surface area contributed by atoms with E-state index in [2.05, 4.69) is 10.6 Å². The van der Waals surface area contributed by atoms with Crippen LogP contribution < -0.4 is 15.4 Å². The van der Waals surface area contributed by atoms with Crippen LogP contribution in [0.15, 0.2) is 102 Å². The third-order valence-corrected chi connectivity index (χ3v) is 6.40. The highest BCUT2D eigenvalue weighted by atomic mass is 32.1. The van der Waals surface area contributed by atoms with Crippen molar-refractivity contribution in [2.75, 3.05) is 12.4 Å². The fourth-order valence-corrected chi connectivity index (χ4v) is 4.31. The summed E-state index contributed by atoms with van der Waals surface area (Å²) in [5.74, 6) is -1.06. The highest BCUT2D eigenvalue weighted by Crippen LogP contribution is 2.23. The largest absolute Gasteiger partial charge is 0.497 e. The number of methoxy groups -OCH3 is 1. The third-order valence-electron chi connectivity index (χ3n) is 5.53. The van der Waals surface area contributed by atoms with E-state index in [4.69, 9.17) is 9.47 Å². The molecule has 2 atom stereocenters. The summed E-state index contributed by atoms with van der Waals surface area (Å²) < 4.78 is 11.0. The Morgan fingerprint density at radius 3 is 2.27 bits per heavy atom. The highest BCUT2D eigenvalue weighted by Gasteiger charge is 2.31. The Morgan fingerprint density at radius 1 is 0.865 bits per heavy atom. The van der Waals surface area contributed by atoms with Crippen LogP contribution in [0.25, 0.3) is 0 Å². The first-order valence-corrected chi connectivity index (χ1v) is 12.5.